The number of anilines is 1. The molecule has 2 amide bonds. The molecule has 0 spiro atoms. The first-order valence-corrected chi connectivity index (χ1v) is 7.44. The zero-order valence-corrected chi connectivity index (χ0v) is 13.0. The van der Waals surface area contributed by atoms with Crippen LogP contribution in [-0.4, -0.2) is 24.0 Å². The average molecular weight is 312 g/mol. The van der Waals surface area contributed by atoms with Gasteiger partial charge in [0.1, 0.15) is 5.75 Å². The minimum Gasteiger partial charge on any atom is -0.508 e. The largest absolute Gasteiger partial charge is 0.508 e. The lowest BCUT2D eigenvalue weighted by molar-refractivity contribution is -0.120. The first kappa shape index (κ1) is 16.5. The molecule has 2 rings (SSSR count). The molecule has 2 aromatic carbocycles. The second-order valence-electron chi connectivity index (χ2n) is 5.22. The SMILES string of the molecule is CNC(=O)Cc1ccc(NC(=O)CCc2ccccc2O)cc1. The van der Waals surface area contributed by atoms with Crippen molar-refractivity contribution in [2.45, 2.75) is 19.3 Å². The second-order valence-corrected chi connectivity index (χ2v) is 5.22. The van der Waals surface area contributed by atoms with E-state index in [4.69, 9.17) is 0 Å². The first-order valence-electron chi connectivity index (χ1n) is 7.44. The van der Waals surface area contributed by atoms with E-state index in [2.05, 4.69) is 10.6 Å². The third-order valence-electron chi connectivity index (χ3n) is 3.49. The number of likely N-dealkylation sites (N-methyl/N-ethyl adjacent to an activating group) is 1. The molecule has 120 valence electrons. The van der Waals surface area contributed by atoms with Crippen molar-refractivity contribution in [3.63, 3.8) is 0 Å². The van der Waals surface area contributed by atoms with Gasteiger partial charge in [0, 0.05) is 19.2 Å². The normalized spacial score (nSPS) is 10.1. The Morgan fingerprint density at radius 1 is 1.00 bits per heavy atom. The van der Waals surface area contributed by atoms with E-state index in [0.29, 0.717) is 18.5 Å². The number of amides is 2. The molecule has 0 radical (unpaired) electrons. The van der Waals surface area contributed by atoms with E-state index < -0.39 is 0 Å². The summed E-state index contributed by atoms with van der Waals surface area (Å²) in [6.45, 7) is 0. The molecular weight excluding hydrogens is 292 g/mol. The molecule has 0 aliphatic heterocycles. The second kappa shape index (κ2) is 7.98. The molecule has 23 heavy (non-hydrogen) atoms. The van der Waals surface area contributed by atoms with Gasteiger partial charge in [0.25, 0.3) is 0 Å². The third-order valence-corrected chi connectivity index (χ3v) is 3.49. The number of aromatic hydroxyl groups is 1. The third kappa shape index (κ3) is 5.14. The van der Waals surface area contributed by atoms with Crippen LogP contribution in [0.2, 0.25) is 0 Å². The number of hydrogen-bond donors (Lipinski definition) is 3. The number of para-hydroxylation sites is 1. The van der Waals surface area contributed by atoms with E-state index in [9.17, 15) is 14.7 Å². The fourth-order valence-electron chi connectivity index (χ4n) is 2.17. The first-order chi connectivity index (χ1) is 11.1. The summed E-state index contributed by atoms with van der Waals surface area (Å²) in [5.74, 6) is 0.0376. The minimum atomic E-state index is -0.118. The van der Waals surface area contributed by atoms with Gasteiger partial charge in [-0.1, -0.05) is 30.3 Å². The van der Waals surface area contributed by atoms with Gasteiger partial charge < -0.3 is 15.7 Å². The van der Waals surface area contributed by atoms with Crippen LogP contribution in [0.15, 0.2) is 48.5 Å². The highest BCUT2D eigenvalue weighted by Gasteiger charge is 2.06. The smallest absolute Gasteiger partial charge is 0.224 e. The molecule has 0 saturated carbocycles. The summed E-state index contributed by atoms with van der Waals surface area (Å²) in [5.41, 5.74) is 2.33. The van der Waals surface area contributed by atoms with E-state index in [-0.39, 0.29) is 24.0 Å². The van der Waals surface area contributed by atoms with Gasteiger partial charge in [-0.2, -0.15) is 0 Å². The molecular formula is C18H20N2O3. The zero-order valence-electron chi connectivity index (χ0n) is 13.0. The van der Waals surface area contributed by atoms with Crippen LogP contribution in [-0.2, 0) is 22.4 Å². The van der Waals surface area contributed by atoms with Gasteiger partial charge in [0.05, 0.1) is 6.42 Å². The molecule has 5 heteroatoms. The van der Waals surface area contributed by atoms with Gasteiger partial charge in [-0.05, 0) is 35.7 Å². The van der Waals surface area contributed by atoms with Crippen LogP contribution < -0.4 is 10.6 Å². The van der Waals surface area contributed by atoms with Crippen LogP contribution in [0.3, 0.4) is 0 Å². The number of nitrogens with one attached hydrogen (secondary N) is 2. The van der Waals surface area contributed by atoms with Crippen molar-refractivity contribution in [3.8, 4) is 5.75 Å². The summed E-state index contributed by atoms with van der Waals surface area (Å²) in [5, 5.41) is 15.0. The summed E-state index contributed by atoms with van der Waals surface area (Å²) < 4.78 is 0. The van der Waals surface area contributed by atoms with Crippen molar-refractivity contribution in [1.29, 1.82) is 0 Å². The maximum absolute atomic E-state index is 11.9. The Bertz CT molecular complexity index is 681. The Hall–Kier alpha value is -2.82. The number of benzene rings is 2. The number of carbonyl (C=O) groups excluding carboxylic acids is 2. The molecule has 0 unspecified atom stereocenters. The maximum Gasteiger partial charge on any atom is 0.224 e. The van der Waals surface area contributed by atoms with E-state index in [1.807, 2.05) is 18.2 Å². The topological polar surface area (TPSA) is 78.4 Å². The maximum atomic E-state index is 11.9. The van der Waals surface area contributed by atoms with Crippen molar-refractivity contribution in [1.82, 2.24) is 5.32 Å². The average Bonchev–Trinajstić information content (AvgIpc) is 2.56. The van der Waals surface area contributed by atoms with Crippen LogP contribution in [0.25, 0.3) is 0 Å². The van der Waals surface area contributed by atoms with Crippen molar-refractivity contribution < 1.29 is 14.7 Å². The number of carbonyl (C=O) groups is 2. The van der Waals surface area contributed by atoms with Crippen LogP contribution >= 0.6 is 0 Å². The Labute approximate surface area is 135 Å². The Balaban J connectivity index is 1.85. The number of aryl methyl sites for hydroxylation is 1. The van der Waals surface area contributed by atoms with Gasteiger partial charge in [-0.15, -0.1) is 0 Å². The standard InChI is InChI=1S/C18H20N2O3/c1-19-18(23)12-13-6-9-15(10-7-13)20-17(22)11-8-14-4-2-3-5-16(14)21/h2-7,9-10,21H,8,11-12H2,1H3,(H,19,23)(H,20,22). The lowest BCUT2D eigenvalue weighted by atomic mass is 10.1. The van der Waals surface area contributed by atoms with Crippen molar-refractivity contribution >= 4 is 17.5 Å². The fourth-order valence-corrected chi connectivity index (χ4v) is 2.17. The minimum absolute atomic E-state index is 0.0514. The molecule has 3 N–H and O–H groups in total. The molecule has 0 atom stereocenters. The van der Waals surface area contributed by atoms with Gasteiger partial charge in [-0.3, -0.25) is 9.59 Å². The zero-order chi connectivity index (χ0) is 16.7. The van der Waals surface area contributed by atoms with Crippen LogP contribution in [0, 0.1) is 0 Å². The number of phenols is 1. The van der Waals surface area contributed by atoms with Gasteiger partial charge >= 0.3 is 0 Å². The van der Waals surface area contributed by atoms with Gasteiger partial charge in [-0.25, -0.2) is 0 Å². The van der Waals surface area contributed by atoms with Crippen molar-refractivity contribution in [2.75, 3.05) is 12.4 Å². The Morgan fingerprint density at radius 3 is 2.35 bits per heavy atom. The highest BCUT2D eigenvalue weighted by Crippen LogP contribution is 2.18. The molecule has 2 aromatic rings. The number of hydrogen-bond acceptors (Lipinski definition) is 3. The summed E-state index contributed by atoms with van der Waals surface area (Å²) in [7, 11) is 1.60. The lowest BCUT2D eigenvalue weighted by Gasteiger charge is -2.07. The van der Waals surface area contributed by atoms with Gasteiger partial charge in [0.2, 0.25) is 11.8 Å². The summed E-state index contributed by atoms with van der Waals surface area (Å²) in [6.07, 6.45) is 1.09. The van der Waals surface area contributed by atoms with Crippen LogP contribution in [0.4, 0.5) is 5.69 Å². The molecule has 0 heterocycles. The van der Waals surface area contributed by atoms with E-state index in [0.717, 1.165) is 11.1 Å². The highest BCUT2D eigenvalue weighted by molar-refractivity contribution is 5.91. The predicted octanol–water partition coefficient (Wildman–Crippen LogP) is 2.25. The molecule has 0 aromatic heterocycles. The molecule has 0 aliphatic carbocycles. The summed E-state index contributed by atoms with van der Waals surface area (Å²) >= 11 is 0. The van der Waals surface area contributed by atoms with Crippen molar-refractivity contribution in [2.24, 2.45) is 0 Å². The van der Waals surface area contributed by atoms with E-state index in [1.54, 1.807) is 37.4 Å². The Kier molecular flexibility index (Phi) is 5.74. The predicted molar refractivity (Wildman–Crippen MR) is 89.3 cm³/mol. The molecule has 5 nitrogen and oxygen atoms in total. The van der Waals surface area contributed by atoms with Crippen LogP contribution in [0.1, 0.15) is 17.5 Å². The summed E-state index contributed by atoms with van der Waals surface area (Å²) in [4.78, 5) is 23.2. The Morgan fingerprint density at radius 2 is 1.70 bits per heavy atom. The quantitative estimate of drug-likeness (QED) is 0.765. The highest BCUT2D eigenvalue weighted by atomic mass is 16.3. The number of phenolic OH excluding ortho intramolecular Hbond substituents is 1. The van der Waals surface area contributed by atoms with Crippen LogP contribution in [0.5, 0.6) is 5.75 Å². The van der Waals surface area contributed by atoms with Crippen molar-refractivity contribution in [3.05, 3.63) is 59.7 Å². The molecule has 0 fully saturated rings. The van der Waals surface area contributed by atoms with E-state index >= 15 is 0 Å². The molecule has 0 bridgehead atoms. The molecule has 0 aliphatic rings. The van der Waals surface area contributed by atoms with Gasteiger partial charge in [0.15, 0.2) is 0 Å². The monoisotopic (exact) mass is 312 g/mol. The number of rotatable bonds is 6. The fraction of sp³-hybridized carbons (Fsp3) is 0.222. The lowest BCUT2D eigenvalue weighted by Crippen LogP contribution is -2.19. The molecule has 0 saturated heterocycles. The summed E-state index contributed by atoms with van der Waals surface area (Å²) in [6, 6.07) is 14.2. The van der Waals surface area contributed by atoms with E-state index in [1.165, 1.54) is 0 Å².